The van der Waals surface area contributed by atoms with Crippen LogP contribution >= 0.6 is 34.5 Å². The topological polar surface area (TPSA) is 57.5 Å². The molecule has 1 aliphatic rings. The summed E-state index contributed by atoms with van der Waals surface area (Å²) in [4.78, 5) is 12.5. The average molecular weight is 465 g/mol. The molecule has 0 spiro atoms. The minimum absolute atomic E-state index is 0.00503. The molecule has 0 bridgehead atoms. The molecule has 1 heterocycles. The summed E-state index contributed by atoms with van der Waals surface area (Å²) in [6.45, 7) is 1.97. The molecule has 0 saturated heterocycles. The SMILES string of the molecule is C/C=C\c1cc(Cl)cc(C=C[C@H]2[C@@H](CCCc3ccc(C(=O)O)s3)[C@@H](Cl)C[C@H]2O)c1. The molecule has 3 rings (SSSR count). The lowest BCUT2D eigenvalue weighted by Gasteiger charge is -2.20. The normalized spacial score (nSPS) is 24.3. The van der Waals surface area contributed by atoms with E-state index in [2.05, 4.69) is 12.1 Å². The molecule has 0 unspecified atom stereocenters. The summed E-state index contributed by atoms with van der Waals surface area (Å²) in [5.41, 5.74) is 2.04. The Morgan fingerprint density at radius 1 is 1.23 bits per heavy atom. The lowest BCUT2D eigenvalue weighted by molar-refractivity contribution is 0.0702. The number of aromatic carboxylic acids is 1. The van der Waals surface area contributed by atoms with Crippen molar-refractivity contribution in [2.45, 2.75) is 44.1 Å². The lowest BCUT2D eigenvalue weighted by Crippen LogP contribution is -2.18. The van der Waals surface area contributed by atoms with E-state index in [9.17, 15) is 9.90 Å². The van der Waals surface area contributed by atoms with E-state index >= 15 is 0 Å². The van der Waals surface area contributed by atoms with Crippen LogP contribution in [-0.2, 0) is 6.42 Å². The van der Waals surface area contributed by atoms with E-state index < -0.39 is 12.1 Å². The molecular weight excluding hydrogens is 439 g/mol. The minimum atomic E-state index is -0.880. The highest BCUT2D eigenvalue weighted by Gasteiger charge is 2.39. The van der Waals surface area contributed by atoms with Crippen LogP contribution in [0, 0.1) is 11.8 Å². The highest BCUT2D eigenvalue weighted by molar-refractivity contribution is 7.13. The molecule has 4 atom stereocenters. The number of rotatable bonds is 8. The van der Waals surface area contributed by atoms with Crippen molar-refractivity contribution >= 4 is 52.7 Å². The number of carbonyl (C=O) groups is 1. The molecule has 1 aliphatic carbocycles. The van der Waals surface area contributed by atoms with E-state index in [1.54, 1.807) is 6.07 Å². The van der Waals surface area contributed by atoms with Gasteiger partial charge in [0.05, 0.1) is 6.10 Å². The zero-order chi connectivity index (χ0) is 21.7. The van der Waals surface area contributed by atoms with Gasteiger partial charge in [-0.25, -0.2) is 4.79 Å². The number of hydrogen-bond acceptors (Lipinski definition) is 3. The number of aryl methyl sites for hydroxylation is 1. The third kappa shape index (κ3) is 5.98. The maximum Gasteiger partial charge on any atom is 0.345 e. The summed E-state index contributed by atoms with van der Waals surface area (Å²) < 4.78 is 0. The molecule has 3 nitrogen and oxygen atoms in total. The molecule has 1 saturated carbocycles. The smallest absolute Gasteiger partial charge is 0.345 e. The molecule has 1 fully saturated rings. The molecular formula is C24H26Cl2O3S. The largest absolute Gasteiger partial charge is 0.477 e. The van der Waals surface area contributed by atoms with Crippen LogP contribution in [-0.4, -0.2) is 27.7 Å². The summed E-state index contributed by atoms with van der Waals surface area (Å²) >= 11 is 14.1. The number of allylic oxidation sites excluding steroid dienone is 1. The fourth-order valence-electron chi connectivity index (χ4n) is 4.12. The number of carboxylic acid groups (broad SMARTS) is 1. The van der Waals surface area contributed by atoms with Crippen molar-refractivity contribution in [3.05, 3.63) is 68.4 Å². The van der Waals surface area contributed by atoms with Gasteiger partial charge >= 0.3 is 5.97 Å². The van der Waals surface area contributed by atoms with E-state index in [-0.39, 0.29) is 17.2 Å². The zero-order valence-electron chi connectivity index (χ0n) is 16.8. The number of aliphatic hydroxyl groups is 1. The Bertz CT molecular complexity index is 934. The maximum atomic E-state index is 11.0. The first-order chi connectivity index (χ1) is 14.4. The third-order valence-electron chi connectivity index (χ3n) is 5.52. The number of benzene rings is 1. The van der Waals surface area contributed by atoms with Crippen molar-refractivity contribution in [3.63, 3.8) is 0 Å². The van der Waals surface area contributed by atoms with Crippen LogP contribution in [0.2, 0.25) is 5.02 Å². The Kier molecular flexibility index (Phi) is 8.18. The summed E-state index contributed by atoms with van der Waals surface area (Å²) in [7, 11) is 0. The zero-order valence-corrected chi connectivity index (χ0v) is 19.1. The second kappa shape index (κ2) is 10.6. The fourth-order valence-corrected chi connectivity index (χ4v) is 5.73. The van der Waals surface area contributed by atoms with Gasteiger partial charge in [-0.2, -0.15) is 0 Å². The Labute approximate surface area is 191 Å². The van der Waals surface area contributed by atoms with Crippen molar-refractivity contribution < 1.29 is 15.0 Å². The molecule has 0 amide bonds. The standard InChI is InChI=1S/C24H26Cl2O3S/c1-2-4-15-11-16(13-17(25)12-15)7-9-20-19(21(26)14-22(20)27)6-3-5-18-8-10-23(30-18)24(28)29/h2,4,7-13,19-22,27H,3,5-6,14H2,1H3,(H,28,29)/b4-2-,9-7?/t19-,20+,21+,22-/m1/s1. The van der Waals surface area contributed by atoms with Crippen molar-refractivity contribution in [2.75, 3.05) is 0 Å². The highest BCUT2D eigenvalue weighted by atomic mass is 35.5. The van der Waals surface area contributed by atoms with E-state index in [1.807, 2.05) is 43.4 Å². The Morgan fingerprint density at radius 3 is 2.63 bits per heavy atom. The summed E-state index contributed by atoms with van der Waals surface area (Å²) in [6, 6.07) is 9.44. The number of carboxylic acids is 1. The van der Waals surface area contributed by atoms with Crippen LogP contribution in [0.1, 0.15) is 51.9 Å². The van der Waals surface area contributed by atoms with Crippen LogP contribution < -0.4 is 0 Å². The van der Waals surface area contributed by atoms with E-state index in [4.69, 9.17) is 28.3 Å². The van der Waals surface area contributed by atoms with E-state index in [0.29, 0.717) is 16.3 Å². The monoisotopic (exact) mass is 464 g/mol. The third-order valence-corrected chi connectivity index (χ3v) is 7.37. The van der Waals surface area contributed by atoms with Crippen molar-refractivity contribution in [3.8, 4) is 0 Å². The molecule has 30 heavy (non-hydrogen) atoms. The Balaban J connectivity index is 1.65. The second-order valence-electron chi connectivity index (χ2n) is 7.70. The van der Waals surface area contributed by atoms with Gasteiger partial charge < -0.3 is 10.2 Å². The first-order valence-electron chi connectivity index (χ1n) is 10.1. The average Bonchev–Trinajstić information content (AvgIpc) is 3.25. The number of halogens is 2. The number of hydrogen-bond donors (Lipinski definition) is 2. The van der Waals surface area contributed by atoms with E-state index in [1.165, 1.54) is 11.3 Å². The maximum absolute atomic E-state index is 11.0. The van der Waals surface area contributed by atoms with Gasteiger partial charge in [-0.3, -0.25) is 0 Å². The van der Waals surface area contributed by atoms with Crippen LogP contribution in [0.25, 0.3) is 12.2 Å². The molecule has 0 aliphatic heterocycles. The van der Waals surface area contributed by atoms with Gasteiger partial charge in [0, 0.05) is 21.2 Å². The Morgan fingerprint density at radius 2 is 1.97 bits per heavy atom. The van der Waals surface area contributed by atoms with Crippen LogP contribution in [0.15, 0.2) is 42.5 Å². The molecule has 1 aromatic carbocycles. The van der Waals surface area contributed by atoms with Crippen molar-refractivity contribution in [2.24, 2.45) is 11.8 Å². The van der Waals surface area contributed by atoms with Crippen molar-refractivity contribution in [1.29, 1.82) is 0 Å². The van der Waals surface area contributed by atoms with Crippen LogP contribution in [0.3, 0.4) is 0 Å². The fraction of sp³-hybridized carbons (Fsp3) is 0.375. The second-order valence-corrected chi connectivity index (χ2v) is 9.87. The van der Waals surface area contributed by atoms with Gasteiger partial charge in [-0.05, 0) is 80.0 Å². The van der Waals surface area contributed by atoms with Gasteiger partial charge in [0.15, 0.2) is 0 Å². The lowest BCUT2D eigenvalue weighted by atomic mass is 9.89. The summed E-state index contributed by atoms with van der Waals surface area (Å²) in [6.07, 6.45) is 10.8. The van der Waals surface area contributed by atoms with Gasteiger partial charge in [0.1, 0.15) is 4.88 Å². The summed E-state index contributed by atoms with van der Waals surface area (Å²) in [5, 5.41) is 20.2. The van der Waals surface area contributed by atoms with Gasteiger partial charge in [0.2, 0.25) is 0 Å². The van der Waals surface area contributed by atoms with Gasteiger partial charge in [-0.1, -0.05) is 35.9 Å². The highest BCUT2D eigenvalue weighted by Crippen LogP contribution is 2.40. The summed E-state index contributed by atoms with van der Waals surface area (Å²) in [5.74, 6) is -0.699. The van der Waals surface area contributed by atoms with Gasteiger partial charge in [-0.15, -0.1) is 22.9 Å². The quantitative estimate of drug-likeness (QED) is 0.423. The van der Waals surface area contributed by atoms with E-state index in [0.717, 1.165) is 35.3 Å². The minimum Gasteiger partial charge on any atom is -0.477 e. The first kappa shape index (κ1) is 23.1. The number of aliphatic hydroxyl groups excluding tert-OH is 1. The molecule has 1 aromatic heterocycles. The molecule has 0 radical (unpaired) electrons. The predicted octanol–water partition coefficient (Wildman–Crippen LogP) is 6.77. The van der Waals surface area contributed by atoms with Crippen LogP contribution in [0.4, 0.5) is 0 Å². The molecule has 160 valence electrons. The molecule has 2 aromatic rings. The van der Waals surface area contributed by atoms with Gasteiger partial charge in [0.25, 0.3) is 0 Å². The first-order valence-corrected chi connectivity index (χ1v) is 11.8. The van der Waals surface area contributed by atoms with Crippen LogP contribution in [0.5, 0.6) is 0 Å². The molecule has 2 N–H and O–H groups in total. The van der Waals surface area contributed by atoms with Crippen molar-refractivity contribution in [1.82, 2.24) is 0 Å². The molecule has 6 heteroatoms. The number of thiophene rings is 1. The Hall–Kier alpha value is -1.59. The predicted molar refractivity (Wildman–Crippen MR) is 127 cm³/mol. The number of alkyl halides is 1.